The lowest BCUT2D eigenvalue weighted by Gasteiger charge is -2.35. The molecule has 1 fully saturated rings. The number of para-hydroxylation sites is 1. The number of carbonyl (C=O) groups excluding carboxylic acids is 1. The Kier molecular flexibility index (Phi) is 5.03. The molecule has 8 nitrogen and oxygen atoms in total. The van der Waals surface area contributed by atoms with E-state index in [1.807, 2.05) is 46.7 Å². The van der Waals surface area contributed by atoms with Crippen LogP contribution in [0.2, 0.25) is 0 Å². The number of aromatic nitrogens is 1. The highest BCUT2D eigenvalue weighted by atomic mass is 16.7. The number of aryl methyl sites for hydroxylation is 1. The normalized spacial score (nSPS) is 16.0. The van der Waals surface area contributed by atoms with E-state index in [0.29, 0.717) is 36.3 Å². The Morgan fingerprint density at radius 3 is 2.56 bits per heavy atom. The number of ether oxygens (including phenoxy) is 2. The van der Waals surface area contributed by atoms with E-state index < -0.39 is 5.63 Å². The lowest BCUT2D eigenvalue weighted by atomic mass is 10.1. The van der Waals surface area contributed by atoms with Crippen molar-refractivity contribution in [1.82, 2.24) is 14.4 Å². The zero-order valence-electron chi connectivity index (χ0n) is 19.0. The second-order valence-electron chi connectivity index (χ2n) is 8.68. The molecule has 0 saturated carbocycles. The molecular weight excluding hydrogens is 434 g/mol. The van der Waals surface area contributed by atoms with Crippen molar-refractivity contribution in [3.05, 3.63) is 70.2 Å². The molecule has 0 bridgehead atoms. The van der Waals surface area contributed by atoms with E-state index in [2.05, 4.69) is 11.0 Å². The first-order valence-electron chi connectivity index (χ1n) is 11.6. The summed E-state index contributed by atoms with van der Waals surface area (Å²) in [4.78, 5) is 30.4. The minimum absolute atomic E-state index is 0.0516. The van der Waals surface area contributed by atoms with Crippen LogP contribution in [0.5, 0.6) is 11.5 Å². The fraction of sp³-hybridized carbons (Fsp3) is 0.308. The van der Waals surface area contributed by atoms with Gasteiger partial charge in [-0.05, 0) is 42.8 Å². The molecule has 0 unspecified atom stereocenters. The van der Waals surface area contributed by atoms with Crippen molar-refractivity contribution in [1.29, 1.82) is 0 Å². The standard InChI is InChI=1S/C26H25N3O5/c1-2-29-20(14-19-24(29)18-5-3-4-6-21(18)34-26(19)31)25(30)28-11-9-27(10-12-28)15-17-7-8-22-23(13-17)33-16-32-22/h3-8,13-14H,2,9-12,15-16H2,1H3. The minimum atomic E-state index is -0.413. The molecule has 0 aliphatic carbocycles. The second-order valence-corrected chi connectivity index (χ2v) is 8.68. The molecule has 0 N–H and O–H groups in total. The average Bonchev–Trinajstić information content (AvgIpc) is 3.49. The Morgan fingerprint density at radius 2 is 1.74 bits per heavy atom. The number of nitrogens with zero attached hydrogens (tertiary/aromatic N) is 3. The molecule has 174 valence electrons. The number of benzene rings is 2. The van der Waals surface area contributed by atoms with Gasteiger partial charge in [-0.2, -0.15) is 0 Å². The molecule has 34 heavy (non-hydrogen) atoms. The number of piperazine rings is 1. The van der Waals surface area contributed by atoms with Gasteiger partial charge in [0.1, 0.15) is 11.3 Å². The van der Waals surface area contributed by atoms with Crippen molar-refractivity contribution in [2.75, 3.05) is 33.0 Å². The Balaban J connectivity index is 1.22. The van der Waals surface area contributed by atoms with Crippen LogP contribution in [-0.4, -0.2) is 53.2 Å². The molecule has 8 heteroatoms. The first-order chi connectivity index (χ1) is 16.6. The Morgan fingerprint density at radius 1 is 0.941 bits per heavy atom. The minimum Gasteiger partial charge on any atom is -0.454 e. The van der Waals surface area contributed by atoms with Crippen LogP contribution in [0.25, 0.3) is 21.9 Å². The van der Waals surface area contributed by atoms with E-state index in [-0.39, 0.29) is 12.7 Å². The summed E-state index contributed by atoms with van der Waals surface area (Å²) >= 11 is 0. The first kappa shape index (κ1) is 20.8. The van der Waals surface area contributed by atoms with Crippen LogP contribution in [0.1, 0.15) is 23.0 Å². The van der Waals surface area contributed by atoms with Crippen molar-refractivity contribution >= 4 is 27.8 Å². The summed E-state index contributed by atoms with van der Waals surface area (Å²) in [5.41, 5.74) is 2.57. The Hall–Kier alpha value is -3.78. The van der Waals surface area contributed by atoms with Crippen LogP contribution >= 0.6 is 0 Å². The molecule has 1 saturated heterocycles. The van der Waals surface area contributed by atoms with Crippen molar-refractivity contribution in [3.63, 3.8) is 0 Å². The van der Waals surface area contributed by atoms with Crippen LogP contribution in [0, 0.1) is 0 Å². The summed E-state index contributed by atoms with van der Waals surface area (Å²) < 4.78 is 18.3. The van der Waals surface area contributed by atoms with Crippen molar-refractivity contribution in [3.8, 4) is 11.5 Å². The summed E-state index contributed by atoms with van der Waals surface area (Å²) in [5, 5.41) is 1.29. The molecule has 4 aromatic rings. The van der Waals surface area contributed by atoms with E-state index in [4.69, 9.17) is 13.9 Å². The first-order valence-corrected chi connectivity index (χ1v) is 11.6. The summed E-state index contributed by atoms with van der Waals surface area (Å²) in [5.74, 6) is 1.52. The predicted molar refractivity (Wildman–Crippen MR) is 127 cm³/mol. The molecule has 2 aliphatic rings. The summed E-state index contributed by atoms with van der Waals surface area (Å²) in [6.45, 7) is 6.45. The maximum Gasteiger partial charge on any atom is 0.345 e. The lowest BCUT2D eigenvalue weighted by molar-refractivity contribution is 0.0618. The van der Waals surface area contributed by atoms with Gasteiger partial charge in [0.15, 0.2) is 11.5 Å². The second kappa shape index (κ2) is 8.22. The molecule has 6 rings (SSSR count). The van der Waals surface area contributed by atoms with Gasteiger partial charge in [0, 0.05) is 44.7 Å². The molecule has 0 radical (unpaired) electrons. The smallest absolute Gasteiger partial charge is 0.345 e. The number of hydrogen-bond donors (Lipinski definition) is 0. The van der Waals surface area contributed by atoms with Crippen LogP contribution < -0.4 is 15.1 Å². The van der Waals surface area contributed by atoms with Gasteiger partial charge in [-0.15, -0.1) is 0 Å². The number of amides is 1. The predicted octanol–water partition coefficient (Wildman–Crippen LogP) is 3.45. The van der Waals surface area contributed by atoms with E-state index in [1.54, 1.807) is 12.1 Å². The van der Waals surface area contributed by atoms with Crippen molar-refractivity contribution in [2.45, 2.75) is 20.0 Å². The summed E-state index contributed by atoms with van der Waals surface area (Å²) in [6, 6.07) is 15.2. The molecule has 1 amide bonds. The third-order valence-electron chi connectivity index (χ3n) is 6.70. The van der Waals surface area contributed by atoms with Gasteiger partial charge >= 0.3 is 5.63 Å². The lowest BCUT2D eigenvalue weighted by Crippen LogP contribution is -2.48. The maximum atomic E-state index is 13.5. The van der Waals surface area contributed by atoms with E-state index in [1.165, 1.54) is 0 Å². The van der Waals surface area contributed by atoms with Gasteiger partial charge in [0.25, 0.3) is 5.91 Å². The maximum absolute atomic E-state index is 13.5. The van der Waals surface area contributed by atoms with Gasteiger partial charge in [-0.25, -0.2) is 4.79 Å². The molecular formula is C26H25N3O5. The molecule has 2 aliphatic heterocycles. The SMILES string of the molecule is CCn1c(C(=O)N2CCN(Cc3ccc4c(c3)OCO4)CC2)cc2c(=O)oc3ccccc3c21. The van der Waals surface area contributed by atoms with Gasteiger partial charge in [0.05, 0.1) is 10.9 Å². The van der Waals surface area contributed by atoms with Gasteiger partial charge in [-0.1, -0.05) is 18.2 Å². The molecule has 0 spiro atoms. The van der Waals surface area contributed by atoms with Crippen LogP contribution in [0.15, 0.2) is 57.7 Å². The zero-order valence-corrected chi connectivity index (χ0v) is 19.0. The topological polar surface area (TPSA) is 77.2 Å². The van der Waals surface area contributed by atoms with Crippen LogP contribution in [0.3, 0.4) is 0 Å². The highest BCUT2D eigenvalue weighted by molar-refractivity contribution is 6.07. The highest BCUT2D eigenvalue weighted by Gasteiger charge is 2.27. The largest absolute Gasteiger partial charge is 0.454 e. The number of carbonyl (C=O) groups is 1. The monoisotopic (exact) mass is 459 g/mol. The van der Waals surface area contributed by atoms with Gasteiger partial charge < -0.3 is 23.4 Å². The quantitative estimate of drug-likeness (QED) is 0.435. The zero-order chi connectivity index (χ0) is 23.2. The molecule has 2 aromatic heterocycles. The number of hydrogen-bond acceptors (Lipinski definition) is 6. The van der Waals surface area contributed by atoms with E-state index in [9.17, 15) is 9.59 Å². The third kappa shape index (κ3) is 3.42. The van der Waals surface area contributed by atoms with Crippen LogP contribution in [-0.2, 0) is 13.1 Å². The van der Waals surface area contributed by atoms with Crippen LogP contribution in [0.4, 0.5) is 0 Å². The molecule has 0 atom stereocenters. The van der Waals surface area contributed by atoms with E-state index >= 15 is 0 Å². The van der Waals surface area contributed by atoms with E-state index in [0.717, 1.165) is 47.6 Å². The van der Waals surface area contributed by atoms with Crippen molar-refractivity contribution < 1.29 is 18.7 Å². The summed E-state index contributed by atoms with van der Waals surface area (Å²) in [6.07, 6.45) is 0. The highest BCUT2D eigenvalue weighted by Crippen LogP contribution is 2.33. The number of rotatable bonds is 4. The van der Waals surface area contributed by atoms with Gasteiger partial charge in [-0.3, -0.25) is 9.69 Å². The molecule has 4 heterocycles. The van der Waals surface area contributed by atoms with Gasteiger partial charge in [0.2, 0.25) is 6.79 Å². The average molecular weight is 460 g/mol. The molecule has 2 aromatic carbocycles. The Labute approximate surface area is 195 Å². The fourth-order valence-electron chi connectivity index (χ4n) is 4.98. The Bertz CT molecular complexity index is 1460. The third-order valence-corrected chi connectivity index (χ3v) is 6.70. The summed E-state index contributed by atoms with van der Waals surface area (Å²) in [7, 11) is 0. The fourth-order valence-corrected chi connectivity index (χ4v) is 4.98. The van der Waals surface area contributed by atoms with Crippen molar-refractivity contribution in [2.24, 2.45) is 0 Å². The number of fused-ring (bicyclic) bond motifs is 4.